The molecule has 4 heterocycles. The second-order valence-corrected chi connectivity index (χ2v) is 9.67. The Morgan fingerprint density at radius 3 is 2.82 bits per heavy atom. The number of ether oxygens (including phenoxy) is 2. The molecule has 0 bridgehead atoms. The molecule has 0 spiro atoms. The number of rotatable bonds is 7. The Kier molecular flexibility index (Phi) is 6.94. The predicted octanol–water partition coefficient (Wildman–Crippen LogP) is 3.91. The van der Waals surface area contributed by atoms with Crippen molar-refractivity contribution in [3.8, 4) is 11.0 Å². The van der Waals surface area contributed by atoms with Gasteiger partial charge in [-0.05, 0) is 25.0 Å². The van der Waals surface area contributed by atoms with E-state index in [0.29, 0.717) is 69.2 Å². The Labute approximate surface area is 207 Å². The van der Waals surface area contributed by atoms with Gasteiger partial charge in [0.15, 0.2) is 5.82 Å². The standard InChI is InChI=1S/C24H26ClN5O3S/c1-2-11-33-24-28-27-20-15-26-22(17-5-3-4-6-19(17)25)18-14-16(34-23(18)30(20)24)7-8-21(31)29-9-12-32-13-10-29/h3-6,14H,2,7-13,15H2,1H3. The number of aromatic nitrogens is 3. The van der Waals surface area contributed by atoms with Crippen LogP contribution in [0.5, 0.6) is 6.01 Å². The Hall–Kier alpha value is -2.75. The summed E-state index contributed by atoms with van der Waals surface area (Å²) < 4.78 is 13.2. The lowest BCUT2D eigenvalue weighted by Gasteiger charge is -2.26. The summed E-state index contributed by atoms with van der Waals surface area (Å²) in [6, 6.07) is 10.3. The number of carbonyl (C=O) groups is 1. The zero-order chi connectivity index (χ0) is 23.5. The van der Waals surface area contributed by atoms with E-state index in [-0.39, 0.29) is 5.91 Å². The molecule has 0 aliphatic carbocycles. The van der Waals surface area contributed by atoms with E-state index in [1.165, 1.54) is 0 Å². The number of hydrogen-bond donors (Lipinski definition) is 0. The molecule has 34 heavy (non-hydrogen) atoms. The van der Waals surface area contributed by atoms with Crippen LogP contribution in [0.2, 0.25) is 5.02 Å². The second-order valence-electron chi connectivity index (χ2n) is 8.15. The number of aliphatic imine (C=N–C) groups is 1. The van der Waals surface area contributed by atoms with E-state index < -0.39 is 0 Å². The van der Waals surface area contributed by atoms with Crippen LogP contribution in [0.15, 0.2) is 35.3 Å². The van der Waals surface area contributed by atoms with Crippen molar-refractivity contribution < 1.29 is 14.3 Å². The smallest absolute Gasteiger partial charge is 0.322 e. The third kappa shape index (κ3) is 4.60. The zero-order valence-electron chi connectivity index (χ0n) is 19.0. The van der Waals surface area contributed by atoms with Crippen LogP contribution in [0.4, 0.5) is 0 Å². The molecule has 1 amide bonds. The molecule has 2 aliphatic heterocycles. The minimum Gasteiger partial charge on any atom is -0.463 e. The summed E-state index contributed by atoms with van der Waals surface area (Å²) in [5.41, 5.74) is 2.63. The first-order valence-corrected chi connectivity index (χ1v) is 12.7. The summed E-state index contributed by atoms with van der Waals surface area (Å²) in [7, 11) is 0. The fourth-order valence-electron chi connectivity index (χ4n) is 4.10. The first-order chi connectivity index (χ1) is 16.7. The average Bonchev–Trinajstić information content (AvgIpc) is 3.43. The summed E-state index contributed by atoms with van der Waals surface area (Å²) in [5, 5.41) is 10.2. The first-order valence-electron chi connectivity index (χ1n) is 11.5. The van der Waals surface area contributed by atoms with Crippen LogP contribution < -0.4 is 4.74 Å². The molecule has 0 N–H and O–H groups in total. The number of nitrogens with zero attached hydrogens (tertiary/aromatic N) is 5. The lowest BCUT2D eigenvalue weighted by Crippen LogP contribution is -2.40. The molecule has 2 aliphatic rings. The van der Waals surface area contributed by atoms with Gasteiger partial charge in [-0.2, -0.15) is 0 Å². The van der Waals surface area contributed by atoms with E-state index in [0.717, 1.165) is 33.1 Å². The molecule has 178 valence electrons. The molecule has 3 aromatic rings. The highest BCUT2D eigenvalue weighted by molar-refractivity contribution is 7.15. The van der Waals surface area contributed by atoms with Crippen molar-refractivity contribution >= 4 is 34.6 Å². The normalized spacial score (nSPS) is 15.4. The monoisotopic (exact) mass is 499 g/mol. The van der Waals surface area contributed by atoms with E-state index in [4.69, 9.17) is 26.1 Å². The fraction of sp³-hybridized carbons (Fsp3) is 0.417. The van der Waals surface area contributed by atoms with Gasteiger partial charge in [0.05, 0.1) is 25.5 Å². The van der Waals surface area contributed by atoms with Gasteiger partial charge in [-0.1, -0.05) is 41.8 Å². The molecule has 0 unspecified atom stereocenters. The molecule has 0 radical (unpaired) electrons. The second kappa shape index (κ2) is 10.2. The van der Waals surface area contributed by atoms with Crippen molar-refractivity contribution in [3.63, 3.8) is 0 Å². The molecule has 1 saturated heterocycles. The lowest BCUT2D eigenvalue weighted by molar-refractivity contribution is -0.135. The topological polar surface area (TPSA) is 81.8 Å². The van der Waals surface area contributed by atoms with Crippen LogP contribution in [0.3, 0.4) is 0 Å². The van der Waals surface area contributed by atoms with Crippen LogP contribution >= 0.6 is 22.9 Å². The summed E-state index contributed by atoms with van der Waals surface area (Å²) in [6.07, 6.45) is 1.97. The highest BCUT2D eigenvalue weighted by atomic mass is 35.5. The number of aryl methyl sites for hydroxylation is 1. The van der Waals surface area contributed by atoms with E-state index in [1.807, 2.05) is 33.7 Å². The lowest BCUT2D eigenvalue weighted by atomic mass is 10.0. The molecule has 0 saturated carbocycles. The minimum absolute atomic E-state index is 0.156. The molecule has 1 fully saturated rings. The summed E-state index contributed by atoms with van der Waals surface area (Å²) in [5.74, 6) is 0.871. The molecule has 2 aromatic heterocycles. The minimum atomic E-state index is 0.156. The van der Waals surface area contributed by atoms with E-state index in [9.17, 15) is 4.79 Å². The third-order valence-electron chi connectivity index (χ3n) is 5.81. The molecular formula is C24H26ClN5O3S. The zero-order valence-corrected chi connectivity index (χ0v) is 20.6. The summed E-state index contributed by atoms with van der Waals surface area (Å²) >= 11 is 8.18. The van der Waals surface area contributed by atoms with E-state index in [2.05, 4.69) is 23.2 Å². The average molecular weight is 500 g/mol. The first kappa shape index (κ1) is 23.0. The Morgan fingerprint density at radius 1 is 1.21 bits per heavy atom. The summed E-state index contributed by atoms with van der Waals surface area (Å²) in [4.78, 5) is 20.6. The number of benzene rings is 1. The molecule has 8 nitrogen and oxygen atoms in total. The van der Waals surface area contributed by atoms with Gasteiger partial charge in [0, 0.05) is 40.5 Å². The number of fused-ring (bicyclic) bond motifs is 3. The van der Waals surface area contributed by atoms with Gasteiger partial charge < -0.3 is 14.4 Å². The van der Waals surface area contributed by atoms with Crippen molar-refractivity contribution in [1.82, 2.24) is 19.7 Å². The van der Waals surface area contributed by atoms with Crippen molar-refractivity contribution in [3.05, 3.63) is 57.2 Å². The van der Waals surface area contributed by atoms with Crippen LogP contribution in [0.25, 0.3) is 5.00 Å². The van der Waals surface area contributed by atoms with Gasteiger partial charge in [-0.15, -0.1) is 16.4 Å². The van der Waals surface area contributed by atoms with Crippen molar-refractivity contribution in [2.75, 3.05) is 32.9 Å². The molecule has 0 atom stereocenters. The van der Waals surface area contributed by atoms with Crippen LogP contribution in [-0.2, 0) is 22.5 Å². The number of carbonyl (C=O) groups excluding carboxylic acids is 1. The van der Waals surface area contributed by atoms with Gasteiger partial charge in [0.25, 0.3) is 0 Å². The van der Waals surface area contributed by atoms with E-state index >= 15 is 0 Å². The molecule has 1 aromatic carbocycles. The van der Waals surface area contributed by atoms with Crippen molar-refractivity contribution in [1.29, 1.82) is 0 Å². The van der Waals surface area contributed by atoms with Crippen molar-refractivity contribution in [2.24, 2.45) is 4.99 Å². The molecule has 10 heteroatoms. The predicted molar refractivity (Wildman–Crippen MR) is 132 cm³/mol. The van der Waals surface area contributed by atoms with Gasteiger partial charge >= 0.3 is 6.01 Å². The highest BCUT2D eigenvalue weighted by Crippen LogP contribution is 2.36. The molecular weight excluding hydrogens is 474 g/mol. The largest absolute Gasteiger partial charge is 0.463 e. The maximum absolute atomic E-state index is 12.7. The van der Waals surface area contributed by atoms with Gasteiger partial charge in [-0.25, -0.2) is 4.57 Å². The quantitative estimate of drug-likeness (QED) is 0.492. The maximum atomic E-state index is 12.7. The number of halogens is 1. The Balaban J connectivity index is 1.50. The molecule has 5 rings (SSSR count). The Morgan fingerprint density at radius 2 is 2.03 bits per heavy atom. The van der Waals surface area contributed by atoms with Gasteiger partial charge in [-0.3, -0.25) is 9.79 Å². The van der Waals surface area contributed by atoms with Gasteiger partial charge in [0.2, 0.25) is 5.91 Å². The van der Waals surface area contributed by atoms with Crippen LogP contribution in [0.1, 0.15) is 41.6 Å². The fourth-order valence-corrected chi connectivity index (χ4v) is 5.50. The number of morpholine rings is 1. The van der Waals surface area contributed by atoms with Crippen molar-refractivity contribution in [2.45, 2.75) is 32.7 Å². The number of hydrogen-bond acceptors (Lipinski definition) is 7. The summed E-state index contributed by atoms with van der Waals surface area (Å²) in [6.45, 7) is 5.50. The maximum Gasteiger partial charge on any atom is 0.322 e. The third-order valence-corrected chi connectivity index (χ3v) is 7.32. The number of amides is 1. The Bertz CT molecular complexity index is 1220. The van der Waals surface area contributed by atoms with E-state index in [1.54, 1.807) is 11.3 Å². The number of thiophene rings is 1. The SMILES string of the molecule is CCCOc1nnc2n1-c1sc(CCC(=O)N3CCOCC3)cc1C(c1ccccc1Cl)=NC2. The van der Waals surface area contributed by atoms with Crippen LogP contribution in [0, 0.1) is 0 Å². The van der Waals surface area contributed by atoms with Crippen LogP contribution in [-0.4, -0.2) is 64.2 Å². The highest BCUT2D eigenvalue weighted by Gasteiger charge is 2.27. The van der Waals surface area contributed by atoms with Gasteiger partial charge in [0.1, 0.15) is 11.5 Å².